The second kappa shape index (κ2) is 4.58. The predicted octanol–water partition coefficient (Wildman–Crippen LogP) is 1.93. The molecule has 10 heavy (non-hydrogen) atoms. The molecule has 0 spiro atoms. The molecular formula is C8H17NS. The van der Waals surface area contributed by atoms with E-state index in [-0.39, 0.29) is 0 Å². The molecule has 1 N–H and O–H groups in total. The van der Waals surface area contributed by atoms with Crippen LogP contribution in [0.25, 0.3) is 0 Å². The Morgan fingerprint density at radius 1 is 1.30 bits per heavy atom. The lowest BCUT2D eigenvalue weighted by atomic mass is 10.8. The summed E-state index contributed by atoms with van der Waals surface area (Å²) in [5.74, 6) is 2.13. The third kappa shape index (κ3) is 3.08. The average Bonchev–Trinajstić information content (AvgIpc) is 1.89. The van der Waals surface area contributed by atoms with Gasteiger partial charge in [0.25, 0.3) is 0 Å². The zero-order valence-electron chi connectivity index (χ0n) is 6.89. The SMILES string of the molecule is C=CCS(C)(CC=C)NC. The Hall–Kier alpha value is -0.210. The van der Waals surface area contributed by atoms with Crippen molar-refractivity contribution in [1.82, 2.24) is 4.72 Å². The predicted molar refractivity (Wildman–Crippen MR) is 52.7 cm³/mol. The van der Waals surface area contributed by atoms with Gasteiger partial charge < -0.3 is 0 Å². The lowest BCUT2D eigenvalue weighted by Gasteiger charge is -2.33. The maximum Gasteiger partial charge on any atom is 0.00680 e. The summed E-state index contributed by atoms with van der Waals surface area (Å²) in [6, 6.07) is 0. The first-order valence-corrected chi connectivity index (χ1v) is 5.70. The molecule has 0 radical (unpaired) electrons. The molecular weight excluding hydrogens is 142 g/mol. The number of nitrogens with one attached hydrogen (secondary N) is 1. The van der Waals surface area contributed by atoms with Gasteiger partial charge in [0, 0.05) is 11.5 Å². The molecule has 0 fully saturated rings. The zero-order valence-corrected chi connectivity index (χ0v) is 7.71. The molecule has 0 aromatic heterocycles. The van der Waals surface area contributed by atoms with Gasteiger partial charge in [0.1, 0.15) is 0 Å². The highest BCUT2D eigenvalue weighted by molar-refractivity contribution is 8.31. The maximum absolute atomic E-state index is 3.72. The van der Waals surface area contributed by atoms with Crippen molar-refractivity contribution in [2.75, 3.05) is 24.8 Å². The molecule has 0 bridgehead atoms. The minimum absolute atomic E-state index is 0.663. The molecule has 0 saturated heterocycles. The van der Waals surface area contributed by atoms with Gasteiger partial charge in [-0.1, -0.05) is 12.2 Å². The number of hydrogen-bond acceptors (Lipinski definition) is 1. The Labute approximate surface area is 65.7 Å². The molecule has 0 aromatic carbocycles. The van der Waals surface area contributed by atoms with Crippen LogP contribution in [0.4, 0.5) is 0 Å². The van der Waals surface area contributed by atoms with Gasteiger partial charge in [0.05, 0.1) is 0 Å². The van der Waals surface area contributed by atoms with Crippen LogP contribution in [0, 0.1) is 0 Å². The Balaban J connectivity index is 3.92. The third-order valence-electron chi connectivity index (χ3n) is 1.46. The Kier molecular flexibility index (Phi) is 4.49. The quantitative estimate of drug-likeness (QED) is 0.604. The average molecular weight is 159 g/mol. The summed E-state index contributed by atoms with van der Waals surface area (Å²) in [6.07, 6.45) is 6.18. The molecule has 0 atom stereocenters. The third-order valence-corrected chi connectivity index (χ3v) is 4.39. The first-order valence-electron chi connectivity index (χ1n) is 3.32. The summed E-state index contributed by atoms with van der Waals surface area (Å²) in [5.41, 5.74) is 0. The molecule has 1 nitrogen and oxygen atoms in total. The summed E-state index contributed by atoms with van der Waals surface area (Å²) >= 11 is 0. The summed E-state index contributed by atoms with van der Waals surface area (Å²) in [4.78, 5) is 0. The van der Waals surface area contributed by atoms with E-state index in [0.717, 1.165) is 11.5 Å². The van der Waals surface area contributed by atoms with Gasteiger partial charge in [-0.2, -0.15) is 10.2 Å². The van der Waals surface area contributed by atoms with Crippen molar-refractivity contribution >= 4 is 10.2 Å². The van der Waals surface area contributed by atoms with E-state index < -0.39 is 10.2 Å². The van der Waals surface area contributed by atoms with Crippen molar-refractivity contribution in [1.29, 1.82) is 0 Å². The van der Waals surface area contributed by atoms with E-state index in [2.05, 4.69) is 24.1 Å². The fraction of sp³-hybridized carbons (Fsp3) is 0.500. The van der Waals surface area contributed by atoms with Crippen LogP contribution in [0.5, 0.6) is 0 Å². The summed E-state index contributed by atoms with van der Waals surface area (Å²) in [6.45, 7) is 7.44. The Morgan fingerprint density at radius 3 is 1.90 bits per heavy atom. The topological polar surface area (TPSA) is 12.0 Å². The van der Waals surface area contributed by atoms with Gasteiger partial charge in [-0.3, -0.25) is 4.72 Å². The van der Waals surface area contributed by atoms with Crippen LogP contribution in [-0.4, -0.2) is 24.8 Å². The highest BCUT2D eigenvalue weighted by Gasteiger charge is 2.09. The van der Waals surface area contributed by atoms with Gasteiger partial charge in [0.2, 0.25) is 0 Å². The van der Waals surface area contributed by atoms with Gasteiger partial charge >= 0.3 is 0 Å². The lowest BCUT2D eigenvalue weighted by Crippen LogP contribution is -2.19. The second-order valence-electron chi connectivity index (χ2n) is 2.39. The lowest BCUT2D eigenvalue weighted by molar-refractivity contribution is 1.24. The van der Waals surface area contributed by atoms with E-state index in [1.54, 1.807) is 0 Å². The Morgan fingerprint density at radius 2 is 1.70 bits per heavy atom. The fourth-order valence-electron chi connectivity index (χ4n) is 0.755. The molecule has 0 amide bonds. The molecule has 60 valence electrons. The van der Waals surface area contributed by atoms with Crippen LogP contribution in [0.15, 0.2) is 25.3 Å². The molecule has 0 rings (SSSR count). The van der Waals surface area contributed by atoms with Crippen LogP contribution in [-0.2, 0) is 0 Å². The van der Waals surface area contributed by atoms with Crippen molar-refractivity contribution in [3.63, 3.8) is 0 Å². The summed E-state index contributed by atoms with van der Waals surface area (Å²) in [7, 11) is 1.34. The molecule has 0 aromatic rings. The van der Waals surface area contributed by atoms with Crippen LogP contribution in [0.3, 0.4) is 0 Å². The van der Waals surface area contributed by atoms with Crippen molar-refractivity contribution in [2.45, 2.75) is 0 Å². The van der Waals surface area contributed by atoms with Crippen LogP contribution in [0.2, 0.25) is 0 Å². The molecule has 0 unspecified atom stereocenters. The highest BCUT2D eigenvalue weighted by atomic mass is 32.3. The van der Waals surface area contributed by atoms with Gasteiger partial charge in [-0.05, 0) is 13.3 Å². The summed E-state index contributed by atoms with van der Waals surface area (Å²) in [5, 5.41) is 0. The van der Waals surface area contributed by atoms with Gasteiger partial charge in [-0.25, -0.2) is 0 Å². The number of rotatable bonds is 5. The molecule has 0 aliphatic carbocycles. The zero-order chi connectivity index (χ0) is 8.04. The van der Waals surface area contributed by atoms with E-state index in [1.165, 1.54) is 0 Å². The van der Waals surface area contributed by atoms with Crippen molar-refractivity contribution in [3.05, 3.63) is 25.3 Å². The van der Waals surface area contributed by atoms with E-state index >= 15 is 0 Å². The van der Waals surface area contributed by atoms with Crippen LogP contribution >= 0.6 is 10.2 Å². The molecule has 0 saturated carbocycles. The Bertz CT molecular complexity index is 110. The minimum atomic E-state index is -0.663. The van der Waals surface area contributed by atoms with E-state index in [1.807, 2.05) is 19.2 Å². The molecule has 0 aliphatic rings. The standard InChI is InChI=1S/C8H17NS/c1-5-7-10(4,9-3)8-6-2/h5-6,9H,1-2,7-8H2,3-4H3. The largest absolute Gasteiger partial charge is 0.284 e. The summed E-state index contributed by atoms with van der Waals surface area (Å²) < 4.78 is 3.32. The van der Waals surface area contributed by atoms with Crippen molar-refractivity contribution in [2.24, 2.45) is 0 Å². The first-order chi connectivity index (χ1) is 4.68. The fourth-order valence-corrected chi connectivity index (χ4v) is 2.26. The van der Waals surface area contributed by atoms with Crippen molar-refractivity contribution < 1.29 is 0 Å². The maximum atomic E-state index is 3.72. The normalized spacial score (nSPS) is 12.6. The molecule has 0 aliphatic heterocycles. The first kappa shape index (κ1) is 9.79. The second-order valence-corrected chi connectivity index (χ2v) is 6.01. The number of hydrogen-bond donors (Lipinski definition) is 1. The minimum Gasteiger partial charge on any atom is -0.284 e. The van der Waals surface area contributed by atoms with Crippen LogP contribution in [0.1, 0.15) is 0 Å². The van der Waals surface area contributed by atoms with E-state index in [0.29, 0.717) is 0 Å². The molecule has 2 heteroatoms. The highest BCUT2D eigenvalue weighted by Crippen LogP contribution is 2.38. The monoisotopic (exact) mass is 159 g/mol. The smallest absolute Gasteiger partial charge is 0.00680 e. The van der Waals surface area contributed by atoms with E-state index in [4.69, 9.17) is 0 Å². The molecule has 0 heterocycles. The van der Waals surface area contributed by atoms with Crippen LogP contribution < -0.4 is 4.72 Å². The van der Waals surface area contributed by atoms with Gasteiger partial charge in [0.15, 0.2) is 0 Å². The van der Waals surface area contributed by atoms with E-state index in [9.17, 15) is 0 Å². The van der Waals surface area contributed by atoms with Crippen molar-refractivity contribution in [3.8, 4) is 0 Å². The van der Waals surface area contributed by atoms with Gasteiger partial charge in [-0.15, -0.1) is 13.2 Å².